The monoisotopic (exact) mass is 1160 g/mol. The van der Waals surface area contributed by atoms with Crippen molar-refractivity contribution in [2.24, 2.45) is 35.5 Å². The van der Waals surface area contributed by atoms with E-state index in [9.17, 15) is 29.1 Å². The molecular formula is C63H107NO14Si2. The molecule has 3 heterocycles. The van der Waals surface area contributed by atoms with Gasteiger partial charge in [0, 0.05) is 71.7 Å². The lowest BCUT2D eigenvalue weighted by molar-refractivity contribution is -0.265. The standard InChI is InChI=1S/C63H107NO14Si2/c1-41-25-20-19-21-26-42(2)53(71-11)39-49-30-28-47(7)63(70,77-49)59(67)60(68)64-32-23-22-27-50(64)61(69)76-54(40-51(65)43(3)36-46(6)57(78-79(14,15)16)58(73-13)56(66)45(5)35-41)44(4)37-48-29-31-52(55(38-48)72-12)74-33-24-34-75-80(17,18)62(8,9)10/h19-21,25-26,36,41,43-45,47-50,52-55,57-58,70H,22-24,27-35,37-40H2,1-18H3/b21-19+,25-20+,42-26+,46-36+/t41-,43-,44-,45-,47-,48+,49+,50+,52-,53+,54+,55-,57-,58+,63-/m1/s1. The number of piperidine rings is 1. The lowest BCUT2D eigenvalue weighted by Crippen LogP contribution is -2.61. The molecule has 0 aromatic carbocycles. The largest absolute Gasteiger partial charge is 0.460 e. The minimum atomic E-state index is -2.43. The second kappa shape index (κ2) is 31.2. The van der Waals surface area contributed by atoms with Crippen LogP contribution in [0.25, 0.3) is 0 Å². The predicted molar refractivity (Wildman–Crippen MR) is 319 cm³/mol. The summed E-state index contributed by atoms with van der Waals surface area (Å²) in [6.07, 6.45) is 14.8. The zero-order valence-electron chi connectivity index (χ0n) is 52.6. The summed E-state index contributed by atoms with van der Waals surface area (Å²) in [4.78, 5) is 74.1. The van der Waals surface area contributed by atoms with Gasteiger partial charge in [-0.15, -0.1) is 0 Å². The number of esters is 1. The highest BCUT2D eigenvalue weighted by atomic mass is 28.4. The molecule has 0 aromatic heterocycles. The highest BCUT2D eigenvalue weighted by Gasteiger charge is 2.53. The Balaban J connectivity index is 1.70. The Morgan fingerprint density at radius 3 is 2.14 bits per heavy atom. The van der Waals surface area contributed by atoms with Crippen LogP contribution in [0.3, 0.4) is 0 Å². The highest BCUT2D eigenvalue weighted by Crippen LogP contribution is 2.39. The summed E-state index contributed by atoms with van der Waals surface area (Å²) in [7, 11) is 0.671. The van der Waals surface area contributed by atoms with E-state index in [0.29, 0.717) is 63.7 Å². The molecule has 1 aliphatic carbocycles. The van der Waals surface area contributed by atoms with Crippen molar-refractivity contribution in [1.82, 2.24) is 4.90 Å². The Morgan fingerprint density at radius 2 is 1.50 bits per heavy atom. The second-order valence-corrected chi connectivity index (χ2v) is 35.9. The van der Waals surface area contributed by atoms with Crippen LogP contribution >= 0.6 is 0 Å². The normalized spacial score (nSPS) is 35.8. The van der Waals surface area contributed by atoms with E-state index in [1.165, 1.54) is 12.0 Å². The summed E-state index contributed by atoms with van der Waals surface area (Å²) >= 11 is 0. The van der Waals surface area contributed by atoms with E-state index >= 15 is 0 Å². The maximum atomic E-state index is 14.8. The maximum Gasteiger partial charge on any atom is 0.329 e. The zero-order chi connectivity index (χ0) is 59.9. The van der Waals surface area contributed by atoms with Crippen LogP contribution in [0.5, 0.6) is 0 Å². The lowest BCUT2D eigenvalue weighted by Gasteiger charge is -2.42. The molecule has 17 heteroatoms. The average molecular weight is 1160 g/mol. The lowest BCUT2D eigenvalue weighted by atomic mass is 9.78. The van der Waals surface area contributed by atoms with E-state index in [4.69, 9.17) is 37.3 Å². The van der Waals surface area contributed by atoms with Gasteiger partial charge < -0.3 is 47.3 Å². The zero-order valence-corrected chi connectivity index (χ0v) is 54.6. The van der Waals surface area contributed by atoms with Gasteiger partial charge in [-0.25, -0.2) is 4.79 Å². The van der Waals surface area contributed by atoms with Gasteiger partial charge in [0.05, 0.1) is 30.5 Å². The number of Topliss-reactive ketones (excluding diaryl/α,β-unsaturated/α-hetero) is 3. The van der Waals surface area contributed by atoms with E-state index in [1.54, 1.807) is 21.1 Å². The van der Waals surface area contributed by atoms with Gasteiger partial charge in [-0.2, -0.15) is 0 Å². The van der Waals surface area contributed by atoms with E-state index in [1.807, 2.05) is 65.0 Å². The van der Waals surface area contributed by atoms with Crippen molar-refractivity contribution in [3.05, 3.63) is 47.6 Å². The summed E-state index contributed by atoms with van der Waals surface area (Å²) in [6.45, 7) is 32.0. The molecule has 4 aliphatic rings. The van der Waals surface area contributed by atoms with Gasteiger partial charge in [-0.05, 0) is 151 Å². The second-order valence-electron chi connectivity index (χ2n) is 26.6. The molecule has 0 spiro atoms. The number of ether oxygens (including phenoxy) is 6. The van der Waals surface area contributed by atoms with Crippen LogP contribution in [0.1, 0.15) is 153 Å². The Bertz CT molecular complexity index is 2160. The number of hydrogen-bond acceptors (Lipinski definition) is 14. The molecule has 456 valence electrons. The minimum Gasteiger partial charge on any atom is -0.460 e. The minimum absolute atomic E-state index is 0.0535. The average Bonchev–Trinajstić information content (AvgIpc) is 3.41. The first-order chi connectivity index (χ1) is 37.4. The maximum absolute atomic E-state index is 14.8. The van der Waals surface area contributed by atoms with Gasteiger partial charge in [-0.3, -0.25) is 19.2 Å². The van der Waals surface area contributed by atoms with Crippen LogP contribution in [0.2, 0.25) is 37.8 Å². The molecule has 1 saturated carbocycles. The molecule has 3 aliphatic heterocycles. The third-order valence-corrected chi connectivity index (χ3v) is 23.3. The van der Waals surface area contributed by atoms with E-state index in [2.05, 4.69) is 66.5 Å². The predicted octanol–water partition coefficient (Wildman–Crippen LogP) is 11.5. The van der Waals surface area contributed by atoms with E-state index in [0.717, 1.165) is 31.3 Å². The van der Waals surface area contributed by atoms with Crippen molar-refractivity contribution in [2.45, 2.75) is 245 Å². The van der Waals surface area contributed by atoms with Gasteiger partial charge in [-0.1, -0.05) is 91.8 Å². The summed E-state index contributed by atoms with van der Waals surface area (Å²) < 4.78 is 50.3. The summed E-state index contributed by atoms with van der Waals surface area (Å²) in [5.41, 5.74) is 1.59. The van der Waals surface area contributed by atoms with Crippen molar-refractivity contribution in [3.8, 4) is 0 Å². The number of rotatable bonds is 14. The summed E-state index contributed by atoms with van der Waals surface area (Å²) in [5.74, 6) is -7.32. The molecule has 2 saturated heterocycles. The molecule has 15 nitrogen and oxygen atoms in total. The van der Waals surface area contributed by atoms with Crippen LogP contribution in [-0.2, 0) is 61.2 Å². The number of methoxy groups -OCH3 is 3. The number of aliphatic hydroxyl groups is 1. The van der Waals surface area contributed by atoms with Gasteiger partial charge in [0.2, 0.25) is 5.79 Å². The van der Waals surface area contributed by atoms with E-state index < -0.39 is 88.5 Å². The SMILES string of the molecule is CO[C@H]1C[C@@H]2CC[C@@H](C)[C@@](O)(O2)C(=O)C(=O)N2CCCC[C@H]2C(=O)O[C@H]([C@H](C)C[C@@H]2CC[C@@H](OCCCO[Si](C)(C)C(C)(C)C)[C@H](OC)C2)CC(=O)[C@H](C)/C=C(\C)[C@@H](O[Si](C)(C)C)[C@@H](OC)C(=O)[C@H](C)C[C@H](C)/C=C/C=C/C=C/1C. The molecule has 0 aromatic rings. The van der Waals surface area contributed by atoms with Crippen LogP contribution < -0.4 is 0 Å². The first-order valence-corrected chi connectivity index (χ1v) is 36.4. The van der Waals surface area contributed by atoms with Crippen molar-refractivity contribution in [3.63, 3.8) is 0 Å². The molecule has 15 atom stereocenters. The van der Waals surface area contributed by atoms with Gasteiger partial charge in [0.25, 0.3) is 11.7 Å². The van der Waals surface area contributed by atoms with Crippen molar-refractivity contribution >= 4 is 45.9 Å². The molecule has 3 fully saturated rings. The van der Waals surface area contributed by atoms with Gasteiger partial charge in [0.15, 0.2) is 22.4 Å². The number of hydrogen-bond donors (Lipinski definition) is 1. The number of cyclic esters (lactones) is 1. The first-order valence-electron chi connectivity index (χ1n) is 30.1. The molecule has 1 N–H and O–H groups in total. The fourth-order valence-corrected chi connectivity index (χ4v) is 13.8. The first kappa shape index (κ1) is 69.5. The molecule has 1 amide bonds. The number of carbonyl (C=O) groups is 5. The van der Waals surface area contributed by atoms with Crippen LogP contribution in [0, 0.1) is 35.5 Å². The topological polar surface area (TPSA) is 183 Å². The smallest absolute Gasteiger partial charge is 0.329 e. The van der Waals surface area contributed by atoms with Crippen LogP contribution in [0.15, 0.2) is 47.6 Å². The van der Waals surface area contributed by atoms with E-state index in [-0.39, 0.29) is 71.9 Å². The third kappa shape index (κ3) is 19.8. The molecule has 4 rings (SSSR count). The third-order valence-electron chi connectivity index (χ3n) is 17.8. The number of amides is 1. The number of allylic oxidation sites excluding steroid dienone is 6. The Kier molecular flexibility index (Phi) is 27.2. The number of carbonyl (C=O) groups excluding carboxylic acids is 5. The summed E-state index contributed by atoms with van der Waals surface area (Å²) in [6, 6.07) is -1.13. The quantitative estimate of drug-likeness (QED) is 0.0570. The van der Waals surface area contributed by atoms with Crippen molar-refractivity contribution in [1.29, 1.82) is 0 Å². The Labute approximate surface area is 484 Å². The Hall–Kier alpha value is -2.98. The molecule has 80 heavy (non-hydrogen) atoms. The van der Waals surface area contributed by atoms with Crippen LogP contribution in [0.4, 0.5) is 0 Å². The molecule has 0 unspecified atom stereocenters. The van der Waals surface area contributed by atoms with Crippen molar-refractivity contribution < 1.29 is 66.4 Å². The number of nitrogens with zero attached hydrogens (tertiary/aromatic N) is 1. The van der Waals surface area contributed by atoms with Crippen LogP contribution in [-0.4, -0.2) is 152 Å². The fourth-order valence-electron chi connectivity index (χ4n) is 11.6. The van der Waals surface area contributed by atoms with Gasteiger partial charge in [0.1, 0.15) is 24.0 Å². The van der Waals surface area contributed by atoms with Crippen molar-refractivity contribution in [2.75, 3.05) is 41.1 Å². The fraction of sp³-hybridized carbons (Fsp3) is 0.794. The number of fused-ring (bicyclic) bond motifs is 3. The summed E-state index contributed by atoms with van der Waals surface area (Å²) in [5, 5.41) is 12.2. The number of ketones is 3. The van der Waals surface area contributed by atoms with Gasteiger partial charge >= 0.3 is 5.97 Å². The molecular weight excluding hydrogens is 1050 g/mol. The molecule has 0 radical (unpaired) electrons. The Morgan fingerprint density at radius 1 is 0.800 bits per heavy atom. The highest BCUT2D eigenvalue weighted by molar-refractivity contribution is 6.74. The molecule has 2 bridgehead atoms.